The van der Waals surface area contributed by atoms with Crippen LogP contribution in [-0.4, -0.2) is 58.0 Å². The van der Waals surface area contributed by atoms with E-state index in [-0.39, 0.29) is 24.4 Å². The molecular weight excluding hydrogens is 332 g/mol. The van der Waals surface area contributed by atoms with Gasteiger partial charge < -0.3 is 23.7 Å². The zero-order chi connectivity index (χ0) is 16.9. The summed E-state index contributed by atoms with van der Waals surface area (Å²) in [5.41, 5.74) is 0. The molecule has 4 heterocycles. The highest BCUT2D eigenvalue weighted by Crippen LogP contribution is 2.44. The number of hydrogen-bond donors (Lipinski definition) is 0. The fourth-order valence-electron chi connectivity index (χ4n) is 3.34. The van der Waals surface area contributed by atoms with Crippen LogP contribution in [0.25, 0.3) is 0 Å². The summed E-state index contributed by atoms with van der Waals surface area (Å²) in [5, 5.41) is 0.710. The van der Waals surface area contributed by atoms with Crippen LogP contribution in [0.3, 0.4) is 0 Å². The fraction of sp³-hybridized carbons (Fsp3) is 0.750. The highest BCUT2D eigenvalue weighted by molar-refractivity contribution is 7.99. The second-order valence-corrected chi connectivity index (χ2v) is 8.04. The van der Waals surface area contributed by atoms with Crippen LogP contribution in [0.1, 0.15) is 27.7 Å². The van der Waals surface area contributed by atoms with E-state index in [9.17, 15) is 0 Å². The zero-order valence-electron chi connectivity index (χ0n) is 14.2. The Balaban J connectivity index is 1.52. The molecule has 4 rings (SSSR count). The van der Waals surface area contributed by atoms with E-state index in [4.69, 9.17) is 23.7 Å². The second-order valence-electron chi connectivity index (χ2n) is 7.05. The summed E-state index contributed by atoms with van der Waals surface area (Å²) in [7, 11) is 0. The molecule has 0 unspecified atom stereocenters. The minimum Gasteiger partial charge on any atom is -0.343 e. The predicted octanol–water partition coefficient (Wildman–Crippen LogP) is 1.97. The van der Waals surface area contributed by atoms with Gasteiger partial charge in [0.2, 0.25) is 0 Å². The van der Waals surface area contributed by atoms with Gasteiger partial charge in [-0.15, -0.1) is 0 Å². The SMILES string of the molecule is CC1(C)O[C@H]2[C@@H](O1)[C@H](CSc1ncccn1)O[C@@H]1OC(C)(C)O[C@@H]12. The second kappa shape index (κ2) is 5.89. The van der Waals surface area contributed by atoms with Crippen LogP contribution in [0.5, 0.6) is 0 Å². The molecule has 3 fully saturated rings. The quantitative estimate of drug-likeness (QED) is 0.603. The number of ether oxygens (including phenoxy) is 5. The average molecular weight is 354 g/mol. The molecule has 5 atom stereocenters. The van der Waals surface area contributed by atoms with Crippen molar-refractivity contribution in [2.45, 2.75) is 75.1 Å². The lowest BCUT2D eigenvalue weighted by Crippen LogP contribution is -2.55. The Hall–Kier alpha value is -0.770. The zero-order valence-corrected chi connectivity index (χ0v) is 15.0. The van der Waals surface area contributed by atoms with Gasteiger partial charge in [0.05, 0.1) is 6.10 Å². The van der Waals surface area contributed by atoms with Gasteiger partial charge in [0.25, 0.3) is 0 Å². The van der Waals surface area contributed by atoms with Gasteiger partial charge in [-0.2, -0.15) is 0 Å². The van der Waals surface area contributed by atoms with Gasteiger partial charge in [-0.25, -0.2) is 9.97 Å². The van der Waals surface area contributed by atoms with Gasteiger partial charge >= 0.3 is 0 Å². The summed E-state index contributed by atoms with van der Waals surface area (Å²) in [6, 6.07) is 1.80. The van der Waals surface area contributed by atoms with Crippen LogP contribution >= 0.6 is 11.8 Å². The van der Waals surface area contributed by atoms with Gasteiger partial charge in [0.1, 0.15) is 18.3 Å². The molecule has 1 aromatic heterocycles. The minimum atomic E-state index is -0.694. The first kappa shape index (κ1) is 16.7. The summed E-state index contributed by atoms with van der Waals surface area (Å²) in [4.78, 5) is 8.47. The third kappa shape index (κ3) is 3.18. The van der Waals surface area contributed by atoms with Crippen molar-refractivity contribution in [2.24, 2.45) is 0 Å². The lowest BCUT2D eigenvalue weighted by molar-refractivity contribution is -0.228. The normalized spacial score (nSPS) is 39.4. The first-order chi connectivity index (χ1) is 11.3. The molecule has 3 saturated heterocycles. The number of hydrogen-bond acceptors (Lipinski definition) is 8. The van der Waals surface area contributed by atoms with E-state index in [1.165, 1.54) is 11.8 Å². The maximum absolute atomic E-state index is 6.15. The number of fused-ring (bicyclic) bond motifs is 3. The monoisotopic (exact) mass is 354 g/mol. The molecule has 3 aliphatic rings. The van der Waals surface area contributed by atoms with E-state index in [1.807, 2.05) is 27.7 Å². The van der Waals surface area contributed by atoms with Gasteiger partial charge in [-0.1, -0.05) is 11.8 Å². The standard InChI is InChI=1S/C16H22N2O5S/c1-15(2)20-10-9(8-24-14-17-6-5-7-18-14)19-13-12(11(10)21-15)22-16(3,4)23-13/h5-7,9-13H,8H2,1-4H3/t9-,10-,11-,12+,13+/m0/s1. The van der Waals surface area contributed by atoms with E-state index < -0.39 is 17.9 Å². The largest absolute Gasteiger partial charge is 0.343 e. The predicted molar refractivity (Wildman–Crippen MR) is 85.3 cm³/mol. The van der Waals surface area contributed by atoms with Crippen molar-refractivity contribution in [3.05, 3.63) is 18.5 Å². The Morgan fingerprint density at radius 3 is 2.29 bits per heavy atom. The van der Waals surface area contributed by atoms with Gasteiger partial charge in [-0.3, -0.25) is 0 Å². The first-order valence-corrected chi connectivity index (χ1v) is 9.08. The number of thioether (sulfide) groups is 1. The van der Waals surface area contributed by atoms with Gasteiger partial charge in [-0.05, 0) is 33.8 Å². The molecular formula is C16H22N2O5S. The maximum Gasteiger partial charge on any atom is 0.190 e. The molecule has 0 N–H and O–H groups in total. The van der Waals surface area contributed by atoms with Crippen LogP contribution in [0.4, 0.5) is 0 Å². The van der Waals surface area contributed by atoms with Crippen LogP contribution in [0.15, 0.2) is 23.6 Å². The van der Waals surface area contributed by atoms with E-state index in [2.05, 4.69) is 9.97 Å². The molecule has 1 aromatic rings. The van der Waals surface area contributed by atoms with Crippen molar-refractivity contribution in [2.75, 3.05) is 5.75 Å². The summed E-state index contributed by atoms with van der Waals surface area (Å²) < 4.78 is 30.2. The molecule has 0 spiro atoms. The third-order valence-corrected chi connectivity index (χ3v) is 5.13. The van der Waals surface area contributed by atoms with Crippen molar-refractivity contribution in [1.82, 2.24) is 9.97 Å². The molecule has 24 heavy (non-hydrogen) atoms. The first-order valence-electron chi connectivity index (χ1n) is 8.10. The van der Waals surface area contributed by atoms with Crippen molar-refractivity contribution < 1.29 is 23.7 Å². The minimum absolute atomic E-state index is 0.190. The maximum atomic E-state index is 6.15. The number of aromatic nitrogens is 2. The Morgan fingerprint density at radius 1 is 0.917 bits per heavy atom. The van der Waals surface area contributed by atoms with Crippen molar-refractivity contribution in [3.8, 4) is 0 Å². The molecule has 0 bridgehead atoms. The Labute approximate surface area is 145 Å². The molecule has 0 aromatic carbocycles. The highest BCUT2D eigenvalue weighted by atomic mass is 32.2. The molecule has 0 saturated carbocycles. The topological polar surface area (TPSA) is 71.9 Å². The summed E-state index contributed by atoms with van der Waals surface area (Å²) in [5.74, 6) is -0.714. The average Bonchev–Trinajstić information content (AvgIpc) is 3.00. The van der Waals surface area contributed by atoms with E-state index >= 15 is 0 Å². The number of nitrogens with zero attached hydrogens (tertiary/aromatic N) is 2. The van der Waals surface area contributed by atoms with Crippen LogP contribution in [0, 0.1) is 0 Å². The molecule has 0 aliphatic carbocycles. The van der Waals surface area contributed by atoms with Crippen LogP contribution < -0.4 is 0 Å². The Bertz CT molecular complexity index is 599. The number of rotatable bonds is 3. The van der Waals surface area contributed by atoms with Crippen molar-refractivity contribution in [3.63, 3.8) is 0 Å². The lowest BCUT2D eigenvalue weighted by Gasteiger charge is -2.37. The van der Waals surface area contributed by atoms with E-state index in [0.29, 0.717) is 10.9 Å². The molecule has 7 nitrogen and oxygen atoms in total. The summed E-state index contributed by atoms with van der Waals surface area (Å²) in [6.45, 7) is 7.58. The third-order valence-electron chi connectivity index (χ3n) is 4.17. The molecule has 3 aliphatic heterocycles. The smallest absolute Gasteiger partial charge is 0.190 e. The van der Waals surface area contributed by atoms with Crippen molar-refractivity contribution in [1.29, 1.82) is 0 Å². The van der Waals surface area contributed by atoms with Crippen LogP contribution in [0.2, 0.25) is 0 Å². The lowest BCUT2D eigenvalue weighted by atomic mass is 10.00. The molecule has 0 radical (unpaired) electrons. The van der Waals surface area contributed by atoms with Gasteiger partial charge in [0.15, 0.2) is 23.0 Å². The van der Waals surface area contributed by atoms with Crippen molar-refractivity contribution >= 4 is 11.8 Å². The Morgan fingerprint density at radius 2 is 1.54 bits per heavy atom. The molecule has 132 valence electrons. The highest BCUT2D eigenvalue weighted by Gasteiger charge is 2.60. The fourth-order valence-corrected chi connectivity index (χ4v) is 4.20. The molecule has 0 amide bonds. The summed E-state index contributed by atoms with van der Waals surface area (Å²) >= 11 is 1.53. The Kier molecular flexibility index (Phi) is 4.10. The summed E-state index contributed by atoms with van der Waals surface area (Å²) in [6.07, 6.45) is 2.08. The van der Waals surface area contributed by atoms with Gasteiger partial charge in [0, 0.05) is 18.1 Å². The van der Waals surface area contributed by atoms with E-state index in [1.54, 1.807) is 18.5 Å². The van der Waals surface area contributed by atoms with E-state index in [0.717, 1.165) is 0 Å². The van der Waals surface area contributed by atoms with Crippen LogP contribution in [-0.2, 0) is 23.7 Å². The molecule has 8 heteroatoms.